The highest BCUT2D eigenvalue weighted by atomic mass is 16.5. The van der Waals surface area contributed by atoms with Crippen molar-refractivity contribution >= 4 is 11.8 Å². The maximum absolute atomic E-state index is 12.8. The van der Waals surface area contributed by atoms with Gasteiger partial charge in [0.2, 0.25) is 5.91 Å². The van der Waals surface area contributed by atoms with Crippen molar-refractivity contribution in [2.45, 2.75) is 32.4 Å². The number of ether oxygens (including phenoxy) is 1. The number of hydrogen-bond acceptors (Lipinski definition) is 5. The summed E-state index contributed by atoms with van der Waals surface area (Å²) in [5.41, 5.74) is 1.78. The fourth-order valence-corrected chi connectivity index (χ4v) is 2.97. The molecule has 0 spiro atoms. The molecule has 3 aromatic rings. The molecule has 0 saturated heterocycles. The summed E-state index contributed by atoms with van der Waals surface area (Å²) in [6, 6.07) is 17.5. The van der Waals surface area contributed by atoms with Gasteiger partial charge in [-0.3, -0.25) is 9.59 Å². The number of nitrogens with one attached hydrogen (secondary N) is 2. The Morgan fingerprint density at radius 2 is 1.80 bits per heavy atom. The van der Waals surface area contributed by atoms with Gasteiger partial charge < -0.3 is 19.9 Å². The summed E-state index contributed by atoms with van der Waals surface area (Å²) in [4.78, 5) is 25.4. The third-order valence-electron chi connectivity index (χ3n) is 4.43. The van der Waals surface area contributed by atoms with Crippen molar-refractivity contribution in [3.63, 3.8) is 0 Å². The molecule has 0 aliphatic carbocycles. The van der Waals surface area contributed by atoms with E-state index in [0.29, 0.717) is 17.9 Å². The van der Waals surface area contributed by atoms with Crippen LogP contribution in [0, 0.1) is 0 Å². The Morgan fingerprint density at radius 3 is 2.50 bits per heavy atom. The number of carbonyl (C=O) groups excluding carboxylic acids is 2. The van der Waals surface area contributed by atoms with E-state index in [1.165, 1.54) is 0 Å². The van der Waals surface area contributed by atoms with Gasteiger partial charge in [0.15, 0.2) is 11.5 Å². The molecular weight excluding hydrogens is 382 g/mol. The summed E-state index contributed by atoms with van der Waals surface area (Å²) >= 11 is 0. The van der Waals surface area contributed by atoms with E-state index in [0.717, 1.165) is 11.1 Å². The number of benzene rings is 2. The molecule has 7 heteroatoms. The number of carbonyl (C=O) groups is 2. The first kappa shape index (κ1) is 21.1. The van der Waals surface area contributed by atoms with Gasteiger partial charge in [-0.25, -0.2) is 0 Å². The van der Waals surface area contributed by atoms with Gasteiger partial charge in [0.25, 0.3) is 5.91 Å². The van der Waals surface area contributed by atoms with Crippen LogP contribution >= 0.6 is 0 Å². The van der Waals surface area contributed by atoms with Crippen LogP contribution < -0.4 is 15.4 Å². The molecular formula is C23H25N3O4. The monoisotopic (exact) mass is 407 g/mol. The van der Waals surface area contributed by atoms with Crippen LogP contribution in [0.1, 0.15) is 29.9 Å². The SMILES string of the molecule is COc1cccc(-c2cc(C(=O)N[C@@H](Cc3ccccc3)C(=O)NC(C)C)no2)c1. The molecule has 156 valence electrons. The lowest BCUT2D eigenvalue weighted by Crippen LogP contribution is -2.49. The van der Waals surface area contributed by atoms with Crippen LogP contribution in [0.25, 0.3) is 11.3 Å². The first-order chi connectivity index (χ1) is 14.5. The van der Waals surface area contributed by atoms with E-state index >= 15 is 0 Å². The minimum atomic E-state index is -0.737. The minimum absolute atomic E-state index is 0.0422. The Kier molecular flexibility index (Phi) is 6.85. The Balaban J connectivity index is 1.76. The second-order valence-electron chi connectivity index (χ2n) is 7.19. The fourth-order valence-electron chi connectivity index (χ4n) is 2.97. The van der Waals surface area contributed by atoms with Crippen LogP contribution in [0.15, 0.2) is 65.2 Å². The van der Waals surface area contributed by atoms with Gasteiger partial charge in [0.05, 0.1) is 7.11 Å². The van der Waals surface area contributed by atoms with Gasteiger partial charge in [-0.2, -0.15) is 0 Å². The van der Waals surface area contributed by atoms with E-state index in [9.17, 15) is 9.59 Å². The summed E-state index contributed by atoms with van der Waals surface area (Å²) in [6.45, 7) is 3.74. The standard InChI is InChI=1S/C23H25N3O4/c1-15(2)24-22(27)19(12-16-8-5-4-6-9-16)25-23(28)20-14-21(30-26-20)17-10-7-11-18(13-17)29-3/h4-11,13-15,19H,12H2,1-3H3,(H,24,27)(H,25,28)/t19-/m0/s1. The minimum Gasteiger partial charge on any atom is -0.497 e. The van der Waals surface area contributed by atoms with Crippen molar-refractivity contribution in [3.05, 3.63) is 71.9 Å². The maximum atomic E-state index is 12.8. The number of nitrogens with zero attached hydrogens (tertiary/aromatic N) is 1. The van der Waals surface area contributed by atoms with Gasteiger partial charge in [-0.1, -0.05) is 47.6 Å². The summed E-state index contributed by atoms with van der Waals surface area (Å²) in [5.74, 6) is 0.375. The highest BCUT2D eigenvalue weighted by molar-refractivity contribution is 5.96. The summed E-state index contributed by atoms with van der Waals surface area (Å²) in [5, 5.41) is 9.50. The molecule has 7 nitrogen and oxygen atoms in total. The van der Waals surface area contributed by atoms with E-state index in [2.05, 4.69) is 15.8 Å². The van der Waals surface area contributed by atoms with Crippen molar-refractivity contribution in [2.75, 3.05) is 7.11 Å². The predicted octanol–water partition coefficient (Wildman–Crippen LogP) is 3.22. The van der Waals surface area contributed by atoms with Gasteiger partial charge in [-0.15, -0.1) is 0 Å². The summed E-state index contributed by atoms with van der Waals surface area (Å²) in [7, 11) is 1.58. The zero-order chi connectivity index (χ0) is 21.5. The highest BCUT2D eigenvalue weighted by Gasteiger charge is 2.24. The molecule has 0 aliphatic heterocycles. The quantitative estimate of drug-likeness (QED) is 0.598. The largest absolute Gasteiger partial charge is 0.497 e. The van der Waals surface area contributed by atoms with Gasteiger partial charge in [-0.05, 0) is 31.5 Å². The fraction of sp³-hybridized carbons (Fsp3) is 0.261. The number of amides is 2. The Bertz CT molecular complexity index is 998. The molecule has 0 radical (unpaired) electrons. The second-order valence-corrected chi connectivity index (χ2v) is 7.19. The van der Waals surface area contributed by atoms with E-state index < -0.39 is 11.9 Å². The third kappa shape index (κ3) is 5.47. The molecule has 2 amide bonds. The average Bonchev–Trinajstić information content (AvgIpc) is 3.24. The van der Waals surface area contributed by atoms with Crippen LogP contribution in [0.4, 0.5) is 0 Å². The lowest BCUT2D eigenvalue weighted by molar-refractivity contribution is -0.123. The van der Waals surface area contributed by atoms with Gasteiger partial charge in [0.1, 0.15) is 11.8 Å². The van der Waals surface area contributed by atoms with Crippen molar-refractivity contribution in [3.8, 4) is 17.1 Å². The van der Waals surface area contributed by atoms with E-state index in [-0.39, 0.29) is 17.6 Å². The first-order valence-corrected chi connectivity index (χ1v) is 9.72. The van der Waals surface area contributed by atoms with Crippen LogP contribution in [-0.2, 0) is 11.2 Å². The van der Waals surface area contributed by atoms with Crippen LogP contribution in [-0.4, -0.2) is 36.2 Å². The maximum Gasteiger partial charge on any atom is 0.274 e. The van der Waals surface area contributed by atoms with Crippen molar-refractivity contribution < 1.29 is 18.8 Å². The van der Waals surface area contributed by atoms with Crippen molar-refractivity contribution in [2.24, 2.45) is 0 Å². The number of rotatable bonds is 8. The van der Waals surface area contributed by atoms with Crippen molar-refractivity contribution in [1.82, 2.24) is 15.8 Å². The summed E-state index contributed by atoms with van der Waals surface area (Å²) in [6.07, 6.45) is 0.367. The Hall–Kier alpha value is -3.61. The van der Waals surface area contributed by atoms with Crippen LogP contribution in [0.3, 0.4) is 0 Å². The topological polar surface area (TPSA) is 93.5 Å². The van der Waals surface area contributed by atoms with E-state index in [1.807, 2.05) is 62.4 Å². The number of methoxy groups -OCH3 is 1. The molecule has 0 bridgehead atoms. The molecule has 0 unspecified atom stereocenters. The Labute approximate surface area is 175 Å². The molecule has 1 atom stereocenters. The zero-order valence-corrected chi connectivity index (χ0v) is 17.2. The van der Waals surface area contributed by atoms with E-state index in [4.69, 9.17) is 9.26 Å². The summed E-state index contributed by atoms with van der Waals surface area (Å²) < 4.78 is 10.5. The molecule has 3 rings (SSSR count). The number of hydrogen-bond donors (Lipinski definition) is 2. The molecule has 0 fully saturated rings. The lowest BCUT2D eigenvalue weighted by atomic mass is 10.0. The molecule has 0 saturated carbocycles. The molecule has 0 aliphatic rings. The lowest BCUT2D eigenvalue weighted by Gasteiger charge is -2.19. The van der Waals surface area contributed by atoms with Gasteiger partial charge in [0, 0.05) is 24.1 Å². The molecule has 1 heterocycles. The second kappa shape index (κ2) is 9.73. The molecule has 2 aromatic carbocycles. The smallest absolute Gasteiger partial charge is 0.274 e. The average molecular weight is 407 g/mol. The first-order valence-electron chi connectivity index (χ1n) is 9.72. The van der Waals surface area contributed by atoms with Crippen LogP contribution in [0.2, 0.25) is 0 Å². The third-order valence-corrected chi connectivity index (χ3v) is 4.43. The zero-order valence-electron chi connectivity index (χ0n) is 17.2. The highest BCUT2D eigenvalue weighted by Crippen LogP contribution is 2.24. The van der Waals surface area contributed by atoms with Crippen LogP contribution in [0.5, 0.6) is 5.75 Å². The molecule has 1 aromatic heterocycles. The normalized spacial score (nSPS) is 11.7. The predicted molar refractivity (Wildman–Crippen MR) is 113 cm³/mol. The van der Waals surface area contributed by atoms with Crippen molar-refractivity contribution in [1.29, 1.82) is 0 Å². The Morgan fingerprint density at radius 1 is 1.03 bits per heavy atom. The molecule has 2 N–H and O–H groups in total. The van der Waals surface area contributed by atoms with Gasteiger partial charge >= 0.3 is 0 Å². The molecule has 30 heavy (non-hydrogen) atoms. The van der Waals surface area contributed by atoms with E-state index in [1.54, 1.807) is 19.2 Å². The number of aromatic nitrogens is 1.